The summed E-state index contributed by atoms with van der Waals surface area (Å²) in [5.41, 5.74) is 0.720. The summed E-state index contributed by atoms with van der Waals surface area (Å²) >= 11 is 0. The van der Waals surface area contributed by atoms with Crippen LogP contribution in [0.5, 0.6) is 17.2 Å². The number of hydrogen-bond donors (Lipinski definition) is 0. The first-order valence-electron chi connectivity index (χ1n) is 9.69. The van der Waals surface area contributed by atoms with E-state index in [0.29, 0.717) is 17.2 Å². The first kappa shape index (κ1) is 26.1. The maximum Gasteiger partial charge on any atom is 0.321 e. The highest BCUT2D eigenvalue weighted by Crippen LogP contribution is 2.37. The van der Waals surface area contributed by atoms with Gasteiger partial charge in [0.2, 0.25) is 0 Å². The molecule has 0 saturated carbocycles. The summed E-state index contributed by atoms with van der Waals surface area (Å²) in [6.45, 7) is 4.34. The van der Waals surface area contributed by atoms with Crippen LogP contribution in [-0.2, 0) is 14.1 Å². The highest BCUT2D eigenvalue weighted by Gasteiger charge is 2.35. The van der Waals surface area contributed by atoms with Crippen LogP contribution in [0.25, 0.3) is 0 Å². The lowest BCUT2D eigenvalue weighted by Gasteiger charge is -2.19. The second-order valence-electron chi connectivity index (χ2n) is 6.96. The van der Waals surface area contributed by atoms with Gasteiger partial charge in [0.05, 0.1) is 27.9 Å². The summed E-state index contributed by atoms with van der Waals surface area (Å²) in [7, 11) is 6.13. The van der Waals surface area contributed by atoms with E-state index in [2.05, 4.69) is 0 Å². The second-order valence-corrected chi connectivity index (χ2v) is 6.96. The Bertz CT molecular complexity index is 827. The SMILES string of the molecule is COc1cc(OC)c(C(=O)C(C(=O)OCCC(C)C)c2ccccc2)c(OC)c1.O=P. The Morgan fingerprint density at radius 1 is 0.903 bits per heavy atom. The van der Waals surface area contributed by atoms with Crippen LogP contribution >= 0.6 is 9.12 Å². The zero-order valence-electron chi connectivity index (χ0n) is 18.5. The van der Waals surface area contributed by atoms with Gasteiger partial charge in [-0.05, 0) is 17.9 Å². The van der Waals surface area contributed by atoms with Crippen LogP contribution in [0.4, 0.5) is 0 Å². The quantitative estimate of drug-likeness (QED) is 0.224. The number of esters is 1. The third-order valence-corrected chi connectivity index (χ3v) is 4.53. The fourth-order valence-electron chi connectivity index (χ4n) is 2.91. The lowest BCUT2D eigenvalue weighted by Crippen LogP contribution is -2.26. The number of rotatable bonds is 10. The van der Waals surface area contributed by atoms with Crippen molar-refractivity contribution in [1.29, 1.82) is 0 Å². The van der Waals surface area contributed by atoms with Gasteiger partial charge in [-0.25, -0.2) is 0 Å². The van der Waals surface area contributed by atoms with E-state index in [1.54, 1.807) is 45.5 Å². The van der Waals surface area contributed by atoms with Crippen molar-refractivity contribution >= 4 is 20.9 Å². The van der Waals surface area contributed by atoms with Gasteiger partial charge in [0, 0.05) is 12.1 Å². The zero-order chi connectivity index (χ0) is 23.4. The molecule has 0 spiro atoms. The van der Waals surface area contributed by atoms with E-state index in [0.717, 1.165) is 6.42 Å². The molecule has 1 unspecified atom stereocenters. The molecule has 0 aliphatic carbocycles. The monoisotopic (exact) mass is 448 g/mol. The van der Waals surface area contributed by atoms with Crippen LogP contribution < -0.4 is 14.2 Å². The summed E-state index contributed by atoms with van der Waals surface area (Å²) in [6.07, 6.45) is 0.719. The van der Waals surface area contributed by atoms with Gasteiger partial charge in [0.1, 0.15) is 37.8 Å². The molecule has 1 atom stereocenters. The van der Waals surface area contributed by atoms with Crippen molar-refractivity contribution in [1.82, 2.24) is 0 Å². The van der Waals surface area contributed by atoms with Gasteiger partial charge in [-0.15, -0.1) is 0 Å². The molecule has 31 heavy (non-hydrogen) atoms. The smallest absolute Gasteiger partial charge is 0.321 e. The van der Waals surface area contributed by atoms with Crippen molar-refractivity contribution < 1.29 is 33.1 Å². The minimum absolute atomic E-state index is 0.172. The average molecular weight is 448 g/mol. The molecule has 0 aliphatic rings. The Hall–Kier alpha value is -2.92. The molecule has 0 bridgehead atoms. The third kappa shape index (κ3) is 7.07. The minimum atomic E-state index is -1.13. The predicted molar refractivity (Wildman–Crippen MR) is 119 cm³/mol. The molecule has 2 aromatic rings. The van der Waals surface area contributed by atoms with E-state index in [4.69, 9.17) is 23.5 Å². The molecule has 0 saturated heterocycles. The molecule has 168 valence electrons. The first-order chi connectivity index (χ1) is 14.9. The van der Waals surface area contributed by atoms with E-state index < -0.39 is 17.7 Å². The molecule has 0 heterocycles. The molecule has 0 aromatic heterocycles. The lowest BCUT2D eigenvalue weighted by molar-refractivity contribution is -0.144. The summed E-state index contributed by atoms with van der Waals surface area (Å²) in [4.78, 5) is 26.5. The van der Waals surface area contributed by atoms with Crippen LogP contribution in [0, 0.1) is 5.92 Å². The maximum absolute atomic E-state index is 13.5. The number of methoxy groups -OCH3 is 3. The van der Waals surface area contributed by atoms with Crippen LogP contribution in [0.3, 0.4) is 0 Å². The Kier molecular flexibility index (Phi) is 11.3. The van der Waals surface area contributed by atoms with Gasteiger partial charge in [0.15, 0.2) is 5.78 Å². The summed E-state index contributed by atoms with van der Waals surface area (Å²) < 4.78 is 29.5. The van der Waals surface area contributed by atoms with Gasteiger partial charge in [-0.2, -0.15) is 0 Å². The van der Waals surface area contributed by atoms with Crippen molar-refractivity contribution in [2.24, 2.45) is 5.92 Å². The highest BCUT2D eigenvalue weighted by atomic mass is 31.0. The van der Waals surface area contributed by atoms with Crippen LogP contribution in [0.1, 0.15) is 42.1 Å². The van der Waals surface area contributed by atoms with Gasteiger partial charge < -0.3 is 18.9 Å². The summed E-state index contributed by atoms with van der Waals surface area (Å²) in [5.74, 6) is -0.783. The number of ketones is 1. The van der Waals surface area contributed by atoms with E-state index in [1.807, 2.05) is 19.9 Å². The van der Waals surface area contributed by atoms with Crippen molar-refractivity contribution in [3.05, 3.63) is 53.6 Å². The van der Waals surface area contributed by atoms with Gasteiger partial charge in [-0.3, -0.25) is 14.2 Å². The Morgan fingerprint density at radius 3 is 1.90 bits per heavy atom. The molecule has 0 fully saturated rings. The molecule has 0 amide bonds. The molecule has 2 rings (SSSR count). The molecule has 8 heteroatoms. The molecular formula is C23H29O7P. The fraction of sp³-hybridized carbons (Fsp3) is 0.391. The molecular weight excluding hydrogens is 419 g/mol. The van der Waals surface area contributed by atoms with E-state index in [1.165, 1.54) is 21.3 Å². The maximum atomic E-state index is 13.5. The number of Topliss-reactive ketones (excluding diaryl/α,β-unsaturated/α-hetero) is 1. The normalized spacial score (nSPS) is 11.0. The van der Waals surface area contributed by atoms with Gasteiger partial charge in [-0.1, -0.05) is 44.2 Å². The second kappa shape index (κ2) is 13.4. The van der Waals surface area contributed by atoms with Crippen molar-refractivity contribution in [3.8, 4) is 17.2 Å². The largest absolute Gasteiger partial charge is 0.496 e. The average Bonchev–Trinajstić information content (AvgIpc) is 2.79. The van der Waals surface area contributed by atoms with Gasteiger partial charge >= 0.3 is 5.97 Å². The zero-order valence-corrected chi connectivity index (χ0v) is 19.5. The molecule has 7 nitrogen and oxygen atoms in total. The third-order valence-electron chi connectivity index (χ3n) is 4.53. The van der Waals surface area contributed by atoms with E-state index >= 15 is 0 Å². The van der Waals surface area contributed by atoms with Crippen LogP contribution in [-0.4, -0.2) is 39.7 Å². The van der Waals surface area contributed by atoms with E-state index in [9.17, 15) is 9.59 Å². The molecule has 0 radical (unpaired) electrons. The number of hydrogen-bond acceptors (Lipinski definition) is 7. The van der Waals surface area contributed by atoms with Crippen LogP contribution in [0.2, 0.25) is 0 Å². The number of carbonyl (C=O) groups excluding carboxylic acids is 2. The lowest BCUT2D eigenvalue weighted by atomic mass is 9.89. The highest BCUT2D eigenvalue weighted by molar-refractivity contribution is 7.00. The predicted octanol–water partition coefficient (Wildman–Crippen LogP) is 4.74. The van der Waals surface area contributed by atoms with Crippen LogP contribution in [0.15, 0.2) is 42.5 Å². The number of ether oxygens (including phenoxy) is 4. The Morgan fingerprint density at radius 2 is 1.45 bits per heavy atom. The minimum Gasteiger partial charge on any atom is -0.496 e. The molecule has 2 aromatic carbocycles. The van der Waals surface area contributed by atoms with Gasteiger partial charge in [0.25, 0.3) is 0 Å². The fourth-order valence-corrected chi connectivity index (χ4v) is 2.91. The van der Waals surface area contributed by atoms with Crippen molar-refractivity contribution in [2.75, 3.05) is 27.9 Å². The summed E-state index contributed by atoms with van der Waals surface area (Å²) in [5, 5.41) is 0. The molecule has 0 aliphatic heterocycles. The molecule has 0 N–H and O–H groups in total. The van der Waals surface area contributed by atoms with E-state index in [-0.39, 0.29) is 23.7 Å². The Balaban J connectivity index is 0.00000233. The topological polar surface area (TPSA) is 88.1 Å². The first-order valence-corrected chi connectivity index (χ1v) is 10.1. The Labute approximate surface area is 185 Å². The van der Waals surface area contributed by atoms with Crippen molar-refractivity contribution in [3.63, 3.8) is 0 Å². The number of carbonyl (C=O) groups is 2. The van der Waals surface area contributed by atoms with Crippen molar-refractivity contribution in [2.45, 2.75) is 26.2 Å². The number of benzene rings is 2. The standard InChI is InChI=1S/C23H28O6.HOP/c1-15(2)11-12-29-23(25)20(16-9-7-6-8-10-16)22(24)21-18(27-4)13-17(26-3)14-19(21)28-5;1-2/h6-10,13-15,20H,11-12H2,1-5H3;2H. The summed E-state index contributed by atoms with van der Waals surface area (Å²) in [6, 6.07) is 12.0.